The van der Waals surface area contributed by atoms with Gasteiger partial charge in [0.2, 0.25) is 0 Å². The van der Waals surface area contributed by atoms with Crippen molar-refractivity contribution in [3.63, 3.8) is 0 Å². The molecule has 1 aromatic carbocycles. The van der Waals surface area contributed by atoms with Crippen LogP contribution in [0.5, 0.6) is 0 Å². The first kappa shape index (κ1) is 15.2. The number of carbonyl (C=O) groups is 1. The number of hydrogen-bond donors (Lipinski definition) is 0. The van der Waals surface area contributed by atoms with Gasteiger partial charge in [-0.1, -0.05) is 75.3 Å². The van der Waals surface area contributed by atoms with Crippen molar-refractivity contribution < 1.29 is 4.79 Å². The number of Topliss-reactive ketones (excluding diaryl/α,β-unsaturated/α-hetero) is 1. The zero-order valence-electron chi connectivity index (χ0n) is 12.0. The monoisotopic (exact) mass is 262 g/mol. The predicted molar refractivity (Wildman–Crippen MR) is 82.0 cm³/mol. The normalized spacial score (nSPS) is 11.5. The van der Waals surface area contributed by atoms with Crippen molar-refractivity contribution in [2.24, 2.45) is 0 Å². The second kappa shape index (κ2) is 7.52. The van der Waals surface area contributed by atoms with E-state index in [2.05, 4.69) is 20.4 Å². The lowest BCUT2D eigenvalue weighted by Gasteiger charge is -2.23. The molecule has 1 rings (SSSR count). The number of carbonyl (C=O) groups excluding carboxylic acids is 1. The van der Waals surface area contributed by atoms with E-state index in [4.69, 9.17) is 0 Å². The Bertz CT molecular complexity index is 355. The Morgan fingerprint density at radius 2 is 1.67 bits per heavy atom. The first-order valence-electron chi connectivity index (χ1n) is 7.19. The van der Waals surface area contributed by atoms with Crippen LogP contribution in [0.3, 0.4) is 0 Å². The van der Waals surface area contributed by atoms with Crippen LogP contribution < -0.4 is 0 Å². The molecule has 0 amide bonds. The van der Waals surface area contributed by atoms with E-state index in [0.29, 0.717) is 12.2 Å². The molecule has 0 aliphatic carbocycles. The molecule has 0 aliphatic heterocycles. The third kappa shape index (κ3) is 4.77. The highest BCUT2D eigenvalue weighted by Gasteiger charge is 2.21. The summed E-state index contributed by atoms with van der Waals surface area (Å²) >= 11 is 0. The van der Waals surface area contributed by atoms with Crippen molar-refractivity contribution in [1.29, 1.82) is 0 Å². The fourth-order valence-electron chi connectivity index (χ4n) is 2.21. The molecule has 0 saturated carbocycles. The minimum Gasteiger partial charge on any atom is -0.294 e. The molecular formula is C16H26OSi. The summed E-state index contributed by atoms with van der Waals surface area (Å²) in [7, 11) is -0.960. The van der Waals surface area contributed by atoms with E-state index < -0.39 is 8.07 Å². The van der Waals surface area contributed by atoms with Gasteiger partial charge in [-0.15, -0.1) is 0 Å². The Hall–Kier alpha value is -0.893. The molecule has 0 atom stereocenters. The van der Waals surface area contributed by atoms with Crippen LogP contribution in [0.1, 0.15) is 43.5 Å². The van der Waals surface area contributed by atoms with E-state index in [0.717, 1.165) is 12.0 Å². The molecule has 0 saturated heterocycles. The smallest absolute Gasteiger partial charge is 0.162 e. The summed E-state index contributed by atoms with van der Waals surface area (Å²) in [6, 6.07) is 13.8. The highest BCUT2D eigenvalue weighted by atomic mass is 28.3. The highest BCUT2D eigenvalue weighted by Crippen LogP contribution is 2.23. The second-order valence-electron chi connectivity index (χ2n) is 5.51. The van der Waals surface area contributed by atoms with E-state index in [1.54, 1.807) is 0 Å². The van der Waals surface area contributed by atoms with Gasteiger partial charge in [0.25, 0.3) is 0 Å². The largest absolute Gasteiger partial charge is 0.294 e. The fourth-order valence-corrected chi connectivity index (χ4v) is 4.52. The molecule has 0 spiro atoms. The summed E-state index contributed by atoms with van der Waals surface area (Å²) in [6.07, 6.45) is 2.99. The van der Waals surface area contributed by atoms with E-state index in [1.807, 2.05) is 30.3 Å². The van der Waals surface area contributed by atoms with Gasteiger partial charge >= 0.3 is 0 Å². The lowest BCUT2D eigenvalue weighted by atomic mass is 10.1. The van der Waals surface area contributed by atoms with Crippen LogP contribution >= 0.6 is 0 Å². The van der Waals surface area contributed by atoms with Gasteiger partial charge in [0.15, 0.2) is 5.78 Å². The van der Waals surface area contributed by atoms with Crippen LogP contribution in [-0.2, 0) is 0 Å². The first-order chi connectivity index (χ1) is 8.61. The Kier molecular flexibility index (Phi) is 6.34. The minimum atomic E-state index is -0.960. The number of rotatable bonds is 8. The number of ketones is 1. The molecule has 0 N–H and O–H groups in total. The fraction of sp³-hybridized carbons (Fsp3) is 0.562. The summed E-state index contributed by atoms with van der Waals surface area (Å²) in [6.45, 7) is 7.14. The van der Waals surface area contributed by atoms with Gasteiger partial charge in [-0.3, -0.25) is 4.79 Å². The van der Waals surface area contributed by atoms with E-state index >= 15 is 0 Å². The summed E-state index contributed by atoms with van der Waals surface area (Å²) in [5.41, 5.74) is 0.864. The van der Waals surface area contributed by atoms with Crippen LogP contribution in [0.25, 0.3) is 0 Å². The maximum atomic E-state index is 11.9. The van der Waals surface area contributed by atoms with Crippen LogP contribution in [0, 0.1) is 0 Å². The molecule has 0 aromatic heterocycles. The van der Waals surface area contributed by atoms with Gasteiger partial charge in [-0.2, -0.15) is 0 Å². The Morgan fingerprint density at radius 1 is 1.06 bits per heavy atom. The maximum Gasteiger partial charge on any atom is 0.162 e. The number of hydrogen-bond acceptors (Lipinski definition) is 1. The number of unbranched alkanes of at least 4 members (excludes halogenated alkanes) is 1. The zero-order chi connectivity index (χ0) is 13.4. The van der Waals surface area contributed by atoms with Crippen molar-refractivity contribution in [2.45, 2.75) is 57.8 Å². The third-order valence-electron chi connectivity index (χ3n) is 4.24. The van der Waals surface area contributed by atoms with Gasteiger partial charge in [-0.05, 0) is 6.42 Å². The maximum absolute atomic E-state index is 11.9. The lowest BCUT2D eigenvalue weighted by molar-refractivity contribution is 0.0979. The lowest BCUT2D eigenvalue weighted by Crippen LogP contribution is -2.27. The molecule has 0 bridgehead atoms. The summed E-state index contributed by atoms with van der Waals surface area (Å²) in [5, 5.41) is 0. The summed E-state index contributed by atoms with van der Waals surface area (Å²) in [4.78, 5) is 11.9. The first-order valence-corrected chi connectivity index (χ1v) is 10.3. The minimum absolute atomic E-state index is 0.298. The van der Waals surface area contributed by atoms with Gasteiger partial charge in [0.05, 0.1) is 0 Å². The van der Waals surface area contributed by atoms with E-state index in [9.17, 15) is 4.79 Å². The predicted octanol–water partition coefficient (Wildman–Crippen LogP) is 5.16. The van der Waals surface area contributed by atoms with E-state index in [1.165, 1.54) is 24.6 Å². The van der Waals surface area contributed by atoms with Crippen molar-refractivity contribution >= 4 is 13.9 Å². The van der Waals surface area contributed by atoms with Crippen molar-refractivity contribution in [1.82, 2.24) is 0 Å². The van der Waals surface area contributed by atoms with Gasteiger partial charge < -0.3 is 0 Å². The van der Waals surface area contributed by atoms with Crippen molar-refractivity contribution in [3.05, 3.63) is 35.9 Å². The molecule has 18 heavy (non-hydrogen) atoms. The zero-order valence-corrected chi connectivity index (χ0v) is 13.0. The average molecular weight is 262 g/mol. The highest BCUT2D eigenvalue weighted by molar-refractivity contribution is 6.78. The van der Waals surface area contributed by atoms with Crippen LogP contribution in [0.4, 0.5) is 0 Å². The van der Waals surface area contributed by atoms with Crippen LogP contribution in [0.15, 0.2) is 30.3 Å². The molecule has 1 aromatic rings. The second-order valence-corrected chi connectivity index (χ2v) is 11.0. The molecule has 1 nitrogen and oxygen atoms in total. The van der Waals surface area contributed by atoms with Crippen molar-refractivity contribution in [2.75, 3.05) is 0 Å². The van der Waals surface area contributed by atoms with Crippen molar-refractivity contribution in [3.8, 4) is 0 Å². The van der Waals surface area contributed by atoms with Crippen LogP contribution in [0.2, 0.25) is 24.7 Å². The molecule has 0 fully saturated rings. The summed E-state index contributed by atoms with van der Waals surface area (Å²) < 4.78 is 0. The molecule has 0 heterocycles. The average Bonchev–Trinajstić information content (AvgIpc) is 2.44. The SMILES string of the molecule is CC[Si](C)(CC)CCCCC(=O)c1ccccc1. The number of benzene rings is 1. The topological polar surface area (TPSA) is 17.1 Å². The van der Waals surface area contributed by atoms with Gasteiger partial charge in [0, 0.05) is 20.1 Å². The Morgan fingerprint density at radius 3 is 2.22 bits per heavy atom. The van der Waals surface area contributed by atoms with Gasteiger partial charge in [-0.25, -0.2) is 0 Å². The molecule has 0 unspecified atom stereocenters. The summed E-state index contributed by atoms with van der Waals surface area (Å²) in [5.74, 6) is 0.298. The molecule has 2 heteroatoms. The van der Waals surface area contributed by atoms with E-state index in [-0.39, 0.29) is 0 Å². The molecule has 0 radical (unpaired) electrons. The third-order valence-corrected chi connectivity index (χ3v) is 9.21. The molecular weight excluding hydrogens is 236 g/mol. The Labute approximate surface area is 113 Å². The Balaban J connectivity index is 2.29. The van der Waals surface area contributed by atoms with Crippen LogP contribution in [-0.4, -0.2) is 13.9 Å². The molecule has 0 aliphatic rings. The quantitative estimate of drug-likeness (QED) is 0.359. The molecule has 100 valence electrons. The standard InChI is InChI=1S/C16H26OSi/c1-4-18(3,5-2)14-10-9-13-16(17)15-11-7-6-8-12-15/h6-8,11-12H,4-5,9-10,13-14H2,1-3H3. The van der Waals surface area contributed by atoms with Gasteiger partial charge in [0.1, 0.15) is 0 Å².